The third kappa shape index (κ3) is 3.71. The van der Waals surface area contributed by atoms with E-state index in [-0.39, 0.29) is 5.78 Å². The first kappa shape index (κ1) is 19.8. The van der Waals surface area contributed by atoms with Crippen LogP contribution in [0.4, 0.5) is 0 Å². The lowest BCUT2D eigenvalue weighted by atomic mass is 9.85. The molecule has 0 aliphatic heterocycles. The van der Waals surface area contributed by atoms with Gasteiger partial charge in [0.15, 0.2) is 5.78 Å². The first-order chi connectivity index (χ1) is 14.5. The largest absolute Gasteiger partial charge is 0.289 e. The Morgan fingerprint density at radius 1 is 0.533 bits per heavy atom. The van der Waals surface area contributed by atoms with Gasteiger partial charge in [0, 0.05) is 11.1 Å². The van der Waals surface area contributed by atoms with Gasteiger partial charge in [0.05, 0.1) is 0 Å². The molecular weight excluding hydrogens is 364 g/mol. The number of carbonyl (C=O) groups excluding carboxylic acids is 1. The van der Waals surface area contributed by atoms with E-state index < -0.39 is 0 Å². The van der Waals surface area contributed by atoms with Crippen molar-refractivity contribution in [3.05, 3.63) is 118 Å². The Balaban J connectivity index is 1.98. The maximum Gasteiger partial charge on any atom is 0.194 e. The molecule has 0 unspecified atom stereocenters. The standard InChI is InChI=1S/C29H26O/c1-19-15-21(3)27(23-11-7-5-8-12-23)25(17-19)29(30)26-18-20(2)16-22(4)28(26)24-13-9-6-10-14-24/h5-18H,1-4H3. The number of hydrogen-bond acceptors (Lipinski definition) is 1. The summed E-state index contributed by atoms with van der Waals surface area (Å²) in [5, 5.41) is 0. The molecule has 0 radical (unpaired) electrons. The molecule has 0 saturated carbocycles. The minimum absolute atomic E-state index is 0.0753. The highest BCUT2D eigenvalue weighted by Gasteiger charge is 2.22. The lowest BCUT2D eigenvalue weighted by Crippen LogP contribution is -2.09. The second kappa shape index (κ2) is 8.12. The Bertz CT molecular complexity index is 1120. The van der Waals surface area contributed by atoms with Crippen LogP contribution < -0.4 is 0 Å². The van der Waals surface area contributed by atoms with Crippen LogP contribution in [0.1, 0.15) is 38.2 Å². The minimum Gasteiger partial charge on any atom is -0.289 e. The molecule has 0 N–H and O–H groups in total. The van der Waals surface area contributed by atoms with Crippen molar-refractivity contribution in [1.82, 2.24) is 0 Å². The number of ketones is 1. The highest BCUT2D eigenvalue weighted by Crippen LogP contribution is 2.35. The Hall–Kier alpha value is -3.45. The zero-order valence-electron chi connectivity index (χ0n) is 18.0. The van der Waals surface area contributed by atoms with Crippen LogP contribution in [-0.2, 0) is 0 Å². The van der Waals surface area contributed by atoms with Crippen LogP contribution in [0.2, 0.25) is 0 Å². The van der Waals surface area contributed by atoms with Gasteiger partial charge in [0.1, 0.15) is 0 Å². The van der Waals surface area contributed by atoms with Crippen LogP contribution >= 0.6 is 0 Å². The van der Waals surface area contributed by atoms with Gasteiger partial charge < -0.3 is 0 Å². The van der Waals surface area contributed by atoms with E-state index in [1.165, 1.54) is 0 Å². The van der Waals surface area contributed by atoms with E-state index in [4.69, 9.17) is 0 Å². The average molecular weight is 391 g/mol. The predicted octanol–water partition coefficient (Wildman–Crippen LogP) is 7.49. The smallest absolute Gasteiger partial charge is 0.194 e. The molecule has 0 aromatic heterocycles. The fourth-order valence-electron chi connectivity index (χ4n) is 4.41. The number of hydrogen-bond donors (Lipinski definition) is 0. The first-order valence-electron chi connectivity index (χ1n) is 10.3. The monoisotopic (exact) mass is 390 g/mol. The summed E-state index contributed by atoms with van der Waals surface area (Å²) in [6.45, 7) is 8.29. The lowest BCUT2D eigenvalue weighted by Gasteiger charge is -2.18. The molecule has 4 aromatic rings. The van der Waals surface area contributed by atoms with Crippen molar-refractivity contribution >= 4 is 5.78 Å². The summed E-state index contributed by atoms with van der Waals surface area (Å²) in [5.74, 6) is 0.0753. The Labute approximate surface area is 179 Å². The van der Waals surface area contributed by atoms with Gasteiger partial charge in [-0.3, -0.25) is 4.79 Å². The lowest BCUT2D eigenvalue weighted by molar-refractivity contribution is 0.103. The Kier molecular flexibility index (Phi) is 5.37. The fraction of sp³-hybridized carbons (Fsp3) is 0.138. The third-order valence-corrected chi connectivity index (χ3v) is 5.57. The highest BCUT2D eigenvalue weighted by molar-refractivity contribution is 6.17. The molecule has 1 heteroatoms. The van der Waals surface area contributed by atoms with Crippen molar-refractivity contribution in [2.45, 2.75) is 27.7 Å². The summed E-state index contributed by atoms with van der Waals surface area (Å²) in [6.07, 6.45) is 0. The quantitative estimate of drug-likeness (QED) is 0.330. The second-order valence-corrected chi connectivity index (χ2v) is 8.07. The maximum atomic E-state index is 14.0. The Morgan fingerprint density at radius 3 is 1.27 bits per heavy atom. The molecule has 0 aliphatic rings. The molecule has 0 bridgehead atoms. The van der Waals surface area contributed by atoms with E-state index in [1.54, 1.807) is 0 Å². The van der Waals surface area contributed by atoms with Crippen LogP contribution in [-0.4, -0.2) is 5.78 Å². The maximum absolute atomic E-state index is 14.0. The fourth-order valence-corrected chi connectivity index (χ4v) is 4.41. The second-order valence-electron chi connectivity index (χ2n) is 8.07. The van der Waals surface area contributed by atoms with E-state index in [2.05, 4.69) is 64.1 Å². The summed E-state index contributed by atoms with van der Waals surface area (Å²) in [7, 11) is 0. The molecule has 0 atom stereocenters. The van der Waals surface area contributed by atoms with Gasteiger partial charge in [-0.15, -0.1) is 0 Å². The van der Waals surface area contributed by atoms with E-state index in [0.29, 0.717) is 0 Å². The molecule has 0 amide bonds. The zero-order chi connectivity index (χ0) is 21.3. The third-order valence-electron chi connectivity index (χ3n) is 5.57. The van der Waals surface area contributed by atoms with Crippen molar-refractivity contribution < 1.29 is 4.79 Å². The molecule has 0 aliphatic carbocycles. The van der Waals surface area contributed by atoms with Crippen LogP contribution in [0.3, 0.4) is 0 Å². The van der Waals surface area contributed by atoms with Gasteiger partial charge >= 0.3 is 0 Å². The predicted molar refractivity (Wildman–Crippen MR) is 126 cm³/mol. The van der Waals surface area contributed by atoms with E-state index in [1.807, 2.05) is 48.5 Å². The number of rotatable bonds is 4. The molecule has 4 aromatic carbocycles. The summed E-state index contributed by atoms with van der Waals surface area (Å²) in [6, 6.07) is 28.8. The number of carbonyl (C=O) groups is 1. The molecule has 4 rings (SSSR count). The summed E-state index contributed by atoms with van der Waals surface area (Å²) in [4.78, 5) is 14.0. The van der Waals surface area contributed by atoms with Gasteiger partial charge in [-0.2, -0.15) is 0 Å². The van der Waals surface area contributed by atoms with E-state index >= 15 is 0 Å². The van der Waals surface area contributed by atoms with Crippen LogP contribution in [0.15, 0.2) is 84.9 Å². The molecular formula is C29H26O. The minimum atomic E-state index is 0.0753. The highest BCUT2D eigenvalue weighted by atomic mass is 16.1. The van der Waals surface area contributed by atoms with Crippen LogP contribution in [0.5, 0.6) is 0 Å². The van der Waals surface area contributed by atoms with Crippen LogP contribution in [0.25, 0.3) is 22.3 Å². The van der Waals surface area contributed by atoms with Crippen molar-refractivity contribution in [3.8, 4) is 22.3 Å². The zero-order valence-corrected chi connectivity index (χ0v) is 18.0. The van der Waals surface area contributed by atoms with Gasteiger partial charge in [-0.25, -0.2) is 0 Å². The number of benzene rings is 4. The SMILES string of the molecule is Cc1cc(C)c(-c2ccccc2)c(C(=O)c2cc(C)cc(C)c2-c2ccccc2)c1. The van der Waals surface area contributed by atoms with Crippen molar-refractivity contribution in [2.75, 3.05) is 0 Å². The van der Waals surface area contributed by atoms with Gasteiger partial charge in [-0.1, -0.05) is 83.9 Å². The van der Waals surface area contributed by atoms with Gasteiger partial charge in [-0.05, 0) is 73.2 Å². The topological polar surface area (TPSA) is 17.1 Å². The van der Waals surface area contributed by atoms with Crippen molar-refractivity contribution in [1.29, 1.82) is 0 Å². The van der Waals surface area contributed by atoms with Gasteiger partial charge in [0.2, 0.25) is 0 Å². The molecule has 0 spiro atoms. The molecule has 0 heterocycles. The van der Waals surface area contributed by atoms with E-state index in [9.17, 15) is 4.79 Å². The first-order valence-corrected chi connectivity index (χ1v) is 10.3. The normalized spacial score (nSPS) is 10.8. The van der Waals surface area contributed by atoms with Gasteiger partial charge in [0.25, 0.3) is 0 Å². The molecule has 1 nitrogen and oxygen atoms in total. The van der Waals surface area contributed by atoms with Crippen molar-refractivity contribution in [3.63, 3.8) is 0 Å². The van der Waals surface area contributed by atoms with E-state index in [0.717, 1.165) is 55.6 Å². The Morgan fingerprint density at radius 2 is 0.900 bits per heavy atom. The summed E-state index contributed by atoms with van der Waals surface area (Å²) >= 11 is 0. The van der Waals surface area contributed by atoms with Crippen LogP contribution in [0, 0.1) is 27.7 Å². The summed E-state index contributed by atoms with van der Waals surface area (Å²) in [5.41, 5.74) is 10.1. The average Bonchev–Trinajstić information content (AvgIpc) is 2.73. The number of aryl methyl sites for hydroxylation is 4. The molecule has 0 saturated heterocycles. The summed E-state index contributed by atoms with van der Waals surface area (Å²) < 4.78 is 0. The molecule has 148 valence electrons. The molecule has 30 heavy (non-hydrogen) atoms. The van der Waals surface area contributed by atoms with Crippen molar-refractivity contribution in [2.24, 2.45) is 0 Å². The molecule has 0 fully saturated rings.